The Morgan fingerprint density at radius 3 is 2.73 bits per heavy atom. The highest BCUT2D eigenvalue weighted by atomic mass is 16.6. The first-order chi connectivity index (χ1) is 7.18. The molecule has 2 rings (SSSR count). The average molecular weight is 208 g/mol. The Bertz CT molecular complexity index is 327. The minimum absolute atomic E-state index is 0.347. The lowest BCUT2D eigenvalue weighted by Gasteiger charge is -2.41. The van der Waals surface area contributed by atoms with Gasteiger partial charge in [-0.1, -0.05) is 12.7 Å². The molecule has 2 heterocycles. The van der Waals surface area contributed by atoms with Gasteiger partial charge in [-0.05, 0) is 20.0 Å². The molecule has 0 bridgehead atoms. The second kappa shape index (κ2) is 3.70. The summed E-state index contributed by atoms with van der Waals surface area (Å²) >= 11 is 0. The molecule has 4 heteroatoms. The molecule has 0 aliphatic carbocycles. The number of alkyl carbamates (subject to hydrolysis) is 1. The Labute approximate surface area is 89.4 Å². The summed E-state index contributed by atoms with van der Waals surface area (Å²) in [5, 5.41) is 5.94. The third-order valence-electron chi connectivity index (χ3n) is 3.09. The van der Waals surface area contributed by atoms with Gasteiger partial charge in [-0.15, -0.1) is 0 Å². The van der Waals surface area contributed by atoms with Gasteiger partial charge in [-0.3, -0.25) is 5.32 Å². The molecular formula is C11H16N2O2. The fourth-order valence-corrected chi connectivity index (χ4v) is 2.36. The number of hydrogen-bond acceptors (Lipinski definition) is 3. The van der Waals surface area contributed by atoms with Crippen LogP contribution in [-0.2, 0) is 4.74 Å². The van der Waals surface area contributed by atoms with Crippen molar-refractivity contribution < 1.29 is 9.53 Å². The summed E-state index contributed by atoms with van der Waals surface area (Å²) < 4.78 is 5.47. The smallest absolute Gasteiger partial charge is 0.412 e. The van der Waals surface area contributed by atoms with Crippen LogP contribution in [0, 0.1) is 0 Å². The van der Waals surface area contributed by atoms with E-state index in [1.54, 1.807) is 6.08 Å². The molecule has 1 amide bonds. The summed E-state index contributed by atoms with van der Waals surface area (Å²) in [5.74, 6) is 0. The van der Waals surface area contributed by atoms with Crippen LogP contribution in [0.4, 0.5) is 4.79 Å². The molecule has 0 aromatic heterocycles. The average Bonchev–Trinajstić information content (AvgIpc) is 2.18. The summed E-state index contributed by atoms with van der Waals surface area (Å²) in [5.41, 5.74) is 1.44. The van der Waals surface area contributed by atoms with Gasteiger partial charge in [0.25, 0.3) is 0 Å². The van der Waals surface area contributed by atoms with Crippen LogP contribution in [0.3, 0.4) is 0 Å². The standard InChI is InChI=1S/C11H16N2O2/c1-3-9-8(2)13-10(14)15-11(9)4-6-12-7-5-11/h3,12H,1,4-7H2,2H3,(H,13,14). The quantitative estimate of drug-likeness (QED) is 0.683. The maximum absolute atomic E-state index is 11.4. The fourth-order valence-electron chi connectivity index (χ4n) is 2.36. The van der Waals surface area contributed by atoms with Crippen molar-refractivity contribution in [2.45, 2.75) is 25.4 Å². The molecule has 2 aliphatic rings. The zero-order valence-electron chi connectivity index (χ0n) is 8.93. The van der Waals surface area contributed by atoms with Crippen LogP contribution in [0.5, 0.6) is 0 Å². The van der Waals surface area contributed by atoms with Crippen molar-refractivity contribution >= 4 is 6.09 Å². The lowest BCUT2D eigenvalue weighted by molar-refractivity contribution is 0.0118. The van der Waals surface area contributed by atoms with Gasteiger partial charge < -0.3 is 10.1 Å². The van der Waals surface area contributed by atoms with Gasteiger partial charge in [-0.2, -0.15) is 0 Å². The second-order valence-electron chi connectivity index (χ2n) is 4.00. The van der Waals surface area contributed by atoms with E-state index in [4.69, 9.17) is 4.74 Å². The Morgan fingerprint density at radius 1 is 1.47 bits per heavy atom. The van der Waals surface area contributed by atoms with Crippen LogP contribution >= 0.6 is 0 Å². The van der Waals surface area contributed by atoms with Gasteiger partial charge in [-0.25, -0.2) is 4.79 Å². The van der Waals surface area contributed by atoms with Crippen LogP contribution in [0.2, 0.25) is 0 Å². The van der Waals surface area contributed by atoms with E-state index in [2.05, 4.69) is 17.2 Å². The SMILES string of the molecule is C=CC1=C(C)NC(=O)OC12CCNCC2. The first-order valence-corrected chi connectivity index (χ1v) is 5.22. The van der Waals surface area contributed by atoms with Gasteiger partial charge in [0.1, 0.15) is 5.60 Å². The van der Waals surface area contributed by atoms with Crippen LogP contribution in [0.15, 0.2) is 23.9 Å². The minimum Gasteiger partial charge on any atom is -0.438 e. The summed E-state index contributed by atoms with van der Waals surface area (Å²) in [4.78, 5) is 11.4. The van der Waals surface area contributed by atoms with Gasteiger partial charge in [0.15, 0.2) is 0 Å². The number of amides is 1. The van der Waals surface area contributed by atoms with E-state index in [1.165, 1.54) is 0 Å². The largest absolute Gasteiger partial charge is 0.438 e. The minimum atomic E-state index is -0.445. The topological polar surface area (TPSA) is 50.4 Å². The van der Waals surface area contributed by atoms with E-state index < -0.39 is 5.60 Å². The third-order valence-corrected chi connectivity index (χ3v) is 3.09. The maximum atomic E-state index is 11.4. The van der Waals surface area contributed by atoms with Crippen molar-refractivity contribution in [3.05, 3.63) is 23.9 Å². The van der Waals surface area contributed by atoms with Crippen molar-refractivity contribution in [1.29, 1.82) is 0 Å². The Balaban J connectivity index is 2.38. The van der Waals surface area contributed by atoms with Crippen LogP contribution in [0.25, 0.3) is 0 Å². The Morgan fingerprint density at radius 2 is 2.13 bits per heavy atom. The first-order valence-electron chi connectivity index (χ1n) is 5.22. The van der Waals surface area contributed by atoms with Crippen LogP contribution in [0.1, 0.15) is 19.8 Å². The molecule has 4 nitrogen and oxygen atoms in total. The van der Waals surface area contributed by atoms with Crippen molar-refractivity contribution in [3.8, 4) is 0 Å². The molecule has 0 saturated carbocycles. The number of hydrogen-bond donors (Lipinski definition) is 2. The number of ether oxygens (including phenoxy) is 1. The van der Waals surface area contributed by atoms with E-state index in [0.29, 0.717) is 0 Å². The monoisotopic (exact) mass is 208 g/mol. The van der Waals surface area contributed by atoms with Crippen LogP contribution < -0.4 is 10.6 Å². The van der Waals surface area contributed by atoms with E-state index in [-0.39, 0.29) is 6.09 Å². The number of nitrogens with one attached hydrogen (secondary N) is 2. The molecule has 0 atom stereocenters. The zero-order chi connectivity index (χ0) is 10.9. The van der Waals surface area contributed by atoms with Gasteiger partial charge in [0.05, 0.1) is 0 Å². The summed E-state index contributed by atoms with van der Waals surface area (Å²) in [6.45, 7) is 7.44. The van der Waals surface area contributed by atoms with Crippen molar-refractivity contribution in [1.82, 2.24) is 10.6 Å². The molecule has 15 heavy (non-hydrogen) atoms. The maximum Gasteiger partial charge on any atom is 0.412 e. The number of carbonyl (C=O) groups is 1. The number of piperidine rings is 1. The molecule has 0 aromatic rings. The van der Waals surface area contributed by atoms with Gasteiger partial charge in [0.2, 0.25) is 0 Å². The molecule has 82 valence electrons. The number of carbonyl (C=O) groups excluding carboxylic acids is 1. The molecule has 2 N–H and O–H groups in total. The predicted octanol–water partition coefficient (Wildman–Crippen LogP) is 1.31. The normalized spacial score (nSPS) is 24.7. The van der Waals surface area contributed by atoms with Crippen molar-refractivity contribution in [2.24, 2.45) is 0 Å². The first kappa shape index (κ1) is 10.2. The molecule has 0 radical (unpaired) electrons. The lowest BCUT2D eigenvalue weighted by Crippen LogP contribution is -2.51. The molecule has 1 saturated heterocycles. The highest BCUT2D eigenvalue weighted by Crippen LogP contribution is 2.35. The molecular weight excluding hydrogens is 192 g/mol. The van der Waals surface area contributed by atoms with E-state index in [9.17, 15) is 4.79 Å². The Hall–Kier alpha value is -1.29. The molecule has 1 spiro atoms. The number of allylic oxidation sites excluding steroid dienone is 1. The highest BCUT2D eigenvalue weighted by molar-refractivity contribution is 5.73. The summed E-state index contributed by atoms with van der Waals surface area (Å²) in [7, 11) is 0. The van der Waals surface area contributed by atoms with Gasteiger partial charge in [0, 0.05) is 24.1 Å². The molecule has 0 aromatic carbocycles. The van der Waals surface area contributed by atoms with E-state index in [1.807, 2.05) is 6.92 Å². The fraction of sp³-hybridized carbons (Fsp3) is 0.545. The van der Waals surface area contributed by atoms with E-state index in [0.717, 1.165) is 37.2 Å². The lowest BCUT2D eigenvalue weighted by atomic mass is 9.82. The molecule has 0 unspecified atom stereocenters. The highest BCUT2D eigenvalue weighted by Gasteiger charge is 2.42. The summed E-state index contributed by atoms with van der Waals surface area (Å²) in [6.07, 6.45) is 3.08. The molecule has 1 fully saturated rings. The zero-order valence-corrected chi connectivity index (χ0v) is 8.93. The molecule has 2 aliphatic heterocycles. The van der Waals surface area contributed by atoms with Crippen LogP contribution in [-0.4, -0.2) is 24.8 Å². The second-order valence-corrected chi connectivity index (χ2v) is 4.00. The van der Waals surface area contributed by atoms with Crippen molar-refractivity contribution in [2.75, 3.05) is 13.1 Å². The Kier molecular flexibility index (Phi) is 2.52. The number of rotatable bonds is 1. The third kappa shape index (κ3) is 1.65. The van der Waals surface area contributed by atoms with Crippen molar-refractivity contribution in [3.63, 3.8) is 0 Å². The van der Waals surface area contributed by atoms with Gasteiger partial charge >= 0.3 is 6.09 Å². The predicted molar refractivity (Wildman–Crippen MR) is 57.3 cm³/mol. The summed E-state index contributed by atoms with van der Waals surface area (Å²) in [6, 6.07) is 0. The van der Waals surface area contributed by atoms with E-state index >= 15 is 0 Å².